The number of aliphatic hydroxyl groups is 1. The van der Waals surface area contributed by atoms with Crippen molar-refractivity contribution in [1.82, 2.24) is 30.4 Å². The van der Waals surface area contributed by atoms with Crippen LogP contribution in [0.2, 0.25) is 0 Å². The van der Waals surface area contributed by atoms with Gasteiger partial charge in [-0.3, -0.25) is 29.0 Å². The highest BCUT2D eigenvalue weighted by Crippen LogP contribution is 2.28. The maximum absolute atomic E-state index is 13.7. The van der Waals surface area contributed by atoms with Crippen LogP contribution in [-0.4, -0.2) is 112 Å². The van der Waals surface area contributed by atoms with Gasteiger partial charge < -0.3 is 36.1 Å². The molecular weight excluding hydrogens is 548 g/mol. The van der Waals surface area contributed by atoms with Crippen molar-refractivity contribution >= 4 is 35.8 Å². The number of carbonyl (C=O) groups excluding carboxylic acids is 5. The van der Waals surface area contributed by atoms with Gasteiger partial charge >= 0.3 is 5.97 Å². The zero-order chi connectivity index (χ0) is 30.5. The number of hydrazone groups is 1. The Bertz CT molecular complexity index is 1110. The number of hydrogen-bond acceptors (Lipinski definition) is 11. The molecule has 0 bridgehead atoms. The van der Waals surface area contributed by atoms with E-state index >= 15 is 0 Å². The number of nitrogens with two attached hydrogens (primary N) is 1. The van der Waals surface area contributed by atoms with Crippen molar-refractivity contribution in [3.8, 4) is 0 Å². The predicted octanol–water partition coefficient (Wildman–Crippen LogP) is -1.04. The number of amides is 3. The molecule has 5 N–H and O–H groups in total. The lowest BCUT2D eigenvalue weighted by Crippen LogP contribution is -2.53. The van der Waals surface area contributed by atoms with Crippen LogP contribution >= 0.6 is 0 Å². The third kappa shape index (κ3) is 10.4. The van der Waals surface area contributed by atoms with Crippen molar-refractivity contribution < 1.29 is 33.8 Å². The third-order valence-electron chi connectivity index (χ3n) is 7.20. The van der Waals surface area contributed by atoms with Gasteiger partial charge in [0, 0.05) is 63.9 Å². The van der Waals surface area contributed by atoms with E-state index in [0.717, 1.165) is 32.2 Å². The van der Waals surface area contributed by atoms with Crippen molar-refractivity contribution in [2.45, 2.75) is 69.6 Å². The number of piperidine rings is 1. The fourth-order valence-electron chi connectivity index (χ4n) is 4.91. The summed E-state index contributed by atoms with van der Waals surface area (Å²) in [5, 5.41) is 19.1. The number of likely N-dealkylation sites (tertiary alicyclic amines) is 1. The van der Waals surface area contributed by atoms with Gasteiger partial charge in [0.25, 0.3) is 5.91 Å². The lowest BCUT2D eigenvalue weighted by Gasteiger charge is -2.31. The summed E-state index contributed by atoms with van der Waals surface area (Å²) in [6.07, 6.45) is 6.90. The normalized spacial score (nSPS) is 18.1. The first kappa shape index (κ1) is 32.4. The van der Waals surface area contributed by atoms with Crippen LogP contribution < -0.4 is 16.5 Å². The van der Waals surface area contributed by atoms with Crippen LogP contribution in [0.15, 0.2) is 23.7 Å². The minimum Gasteiger partial charge on any atom is -0.469 e. The molecule has 42 heavy (non-hydrogen) atoms. The summed E-state index contributed by atoms with van der Waals surface area (Å²) < 4.78 is 4.55. The molecule has 2 heterocycles. The van der Waals surface area contributed by atoms with Gasteiger partial charge in [-0.05, 0) is 38.0 Å². The van der Waals surface area contributed by atoms with E-state index in [2.05, 4.69) is 30.4 Å². The lowest BCUT2D eigenvalue weighted by atomic mass is 9.91. The van der Waals surface area contributed by atoms with Gasteiger partial charge in [-0.2, -0.15) is 5.10 Å². The lowest BCUT2D eigenvalue weighted by molar-refractivity contribution is -0.143. The van der Waals surface area contributed by atoms with Gasteiger partial charge in [0.05, 0.1) is 13.3 Å². The largest absolute Gasteiger partial charge is 0.469 e. The molecule has 15 heteroatoms. The number of nitrogens with one attached hydrogen (secondary N) is 2. The average molecular weight is 589 g/mol. The van der Waals surface area contributed by atoms with E-state index in [4.69, 9.17) is 5.84 Å². The van der Waals surface area contributed by atoms with Gasteiger partial charge in [-0.1, -0.05) is 0 Å². The number of carbonyl (C=O) groups is 5. The van der Waals surface area contributed by atoms with E-state index < -0.39 is 35.8 Å². The average Bonchev–Trinajstić information content (AvgIpc) is 3.83. The van der Waals surface area contributed by atoms with Crippen LogP contribution in [0.25, 0.3) is 0 Å². The highest BCUT2D eigenvalue weighted by atomic mass is 16.5. The summed E-state index contributed by atoms with van der Waals surface area (Å²) in [7, 11) is 1.20. The molecular formula is C27H40N8O7. The molecule has 3 rings (SSSR count). The first-order valence-electron chi connectivity index (χ1n) is 14.1. The Labute approximate surface area is 244 Å². The van der Waals surface area contributed by atoms with E-state index in [1.54, 1.807) is 4.90 Å². The Hall–Kier alpha value is -4.14. The van der Waals surface area contributed by atoms with Gasteiger partial charge in [-0.15, -0.1) is 0 Å². The summed E-state index contributed by atoms with van der Waals surface area (Å²) >= 11 is 0. The van der Waals surface area contributed by atoms with E-state index in [0.29, 0.717) is 6.54 Å². The highest BCUT2D eigenvalue weighted by molar-refractivity contribution is 5.94. The molecule has 1 aromatic heterocycles. The summed E-state index contributed by atoms with van der Waals surface area (Å²) in [6, 6.07) is -1.31. The van der Waals surface area contributed by atoms with Crippen LogP contribution in [0.3, 0.4) is 0 Å². The van der Waals surface area contributed by atoms with Crippen LogP contribution in [0.1, 0.15) is 61.9 Å². The summed E-state index contributed by atoms with van der Waals surface area (Å²) in [5.41, 5.74) is 0.137. The zero-order valence-corrected chi connectivity index (χ0v) is 23.8. The molecule has 0 spiro atoms. The van der Waals surface area contributed by atoms with E-state index in [-0.39, 0.29) is 62.2 Å². The van der Waals surface area contributed by atoms with Gasteiger partial charge in [-0.25, -0.2) is 4.98 Å². The number of ketones is 1. The molecule has 230 valence electrons. The zero-order valence-electron chi connectivity index (χ0n) is 23.8. The molecule has 3 atom stereocenters. The topological polar surface area (TPSA) is 210 Å². The minimum atomic E-state index is -1.57. The molecule has 3 amide bonds. The van der Waals surface area contributed by atoms with Gasteiger partial charge in [0.2, 0.25) is 11.8 Å². The van der Waals surface area contributed by atoms with E-state index in [9.17, 15) is 29.1 Å². The maximum atomic E-state index is 13.7. The van der Waals surface area contributed by atoms with Crippen molar-refractivity contribution in [1.29, 1.82) is 0 Å². The smallest absolute Gasteiger partial charge is 0.305 e. The van der Waals surface area contributed by atoms with Gasteiger partial charge in [0.15, 0.2) is 0 Å². The summed E-state index contributed by atoms with van der Waals surface area (Å²) in [5.74, 6) is 2.72. The van der Waals surface area contributed by atoms with Crippen LogP contribution in [-0.2, 0) is 23.9 Å². The van der Waals surface area contributed by atoms with Gasteiger partial charge in [0.1, 0.15) is 30.0 Å². The second kappa shape index (κ2) is 16.3. The maximum Gasteiger partial charge on any atom is 0.305 e. The number of Topliss-reactive ketones (excluding diaryl/α,β-unsaturated/α-hetero) is 1. The van der Waals surface area contributed by atoms with E-state index in [1.807, 2.05) is 4.90 Å². The monoisotopic (exact) mass is 588 g/mol. The fourth-order valence-corrected chi connectivity index (χ4v) is 4.91. The second-order valence-electron chi connectivity index (χ2n) is 10.5. The van der Waals surface area contributed by atoms with Crippen molar-refractivity contribution in [3.05, 3.63) is 24.3 Å². The number of aromatic nitrogens is 2. The molecule has 2 aliphatic rings. The molecule has 1 saturated carbocycles. The standard InChI is InChI=1S/C27H40N8O7/c1-42-24(38)7-6-23(37)26(40)33-21(14-20(36)13-18-3-2-11-34(16-18)17-32-28)27(41)35(19-4-5-19)12-10-31-25(39)22-15-29-8-9-30-22/h8-9,15,17-19,21,23,37H,2-7,10-14,16,28H2,1H3,(H,31,39)(H,33,40)/t18-,21-,23-/m0/s1. The Morgan fingerprint density at radius 3 is 2.71 bits per heavy atom. The first-order valence-corrected chi connectivity index (χ1v) is 14.1. The van der Waals surface area contributed by atoms with Crippen LogP contribution in [0, 0.1) is 5.92 Å². The molecule has 1 aliphatic heterocycles. The van der Waals surface area contributed by atoms with Crippen LogP contribution in [0.5, 0.6) is 0 Å². The molecule has 0 radical (unpaired) electrons. The minimum absolute atomic E-state index is 0.0391. The number of aliphatic hydroxyl groups excluding tert-OH is 1. The molecule has 1 saturated heterocycles. The number of rotatable bonds is 16. The van der Waals surface area contributed by atoms with Crippen molar-refractivity contribution in [3.63, 3.8) is 0 Å². The molecule has 1 aromatic rings. The predicted molar refractivity (Wildman–Crippen MR) is 150 cm³/mol. The fraction of sp³-hybridized carbons (Fsp3) is 0.630. The molecule has 0 aromatic carbocycles. The molecule has 0 unspecified atom stereocenters. The first-order chi connectivity index (χ1) is 20.2. The number of methoxy groups -OCH3 is 1. The van der Waals surface area contributed by atoms with Crippen molar-refractivity contribution in [2.24, 2.45) is 16.9 Å². The van der Waals surface area contributed by atoms with E-state index in [1.165, 1.54) is 32.0 Å². The summed E-state index contributed by atoms with van der Waals surface area (Å²) in [6.45, 7) is 1.66. The Morgan fingerprint density at radius 1 is 1.26 bits per heavy atom. The number of esters is 1. The molecule has 15 nitrogen and oxygen atoms in total. The highest BCUT2D eigenvalue weighted by Gasteiger charge is 2.38. The summed E-state index contributed by atoms with van der Waals surface area (Å²) in [4.78, 5) is 74.9. The van der Waals surface area contributed by atoms with Crippen LogP contribution in [0.4, 0.5) is 0 Å². The Kier molecular flexibility index (Phi) is 12.6. The Balaban J connectivity index is 1.66. The third-order valence-corrected chi connectivity index (χ3v) is 7.20. The number of hydrogen-bond donors (Lipinski definition) is 4. The number of nitrogens with zero attached hydrogens (tertiary/aromatic N) is 5. The molecule has 1 aliphatic carbocycles. The number of ether oxygens (including phenoxy) is 1. The Morgan fingerprint density at radius 2 is 2.05 bits per heavy atom. The SMILES string of the molecule is COC(=O)CC[C@H](O)C(=O)N[C@@H](CC(=O)C[C@@H]1CCCN(C=NN)C1)C(=O)N(CCNC(=O)c1cnccn1)C1CC1. The quantitative estimate of drug-likeness (QED) is 0.0602. The molecule has 2 fully saturated rings. The van der Waals surface area contributed by atoms with Crippen molar-refractivity contribution in [2.75, 3.05) is 33.3 Å². The second-order valence-corrected chi connectivity index (χ2v) is 10.5.